The maximum absolute atomic E-state index is 13.5. The summed E-state index contributed by atoms with van der Waals surface area (Å²) in [6.45, 7) is 4.13. The Morgan fingerprint density at radius 1 is 1.33 bits per heavy atom. The maximum atomic E-state index is 13.5. The van der Waals surface area contributed by atoms with Crippen molar-refractivity contribution in [1.82, 2.24) is 9.55 Å². The predicted octanol–water partition coefficient (Wildman–Crippen LogP) is 2.33. The summed E-state index contributed by atoms with van der Waals surface area (Å²) in [7, 11) is 0. The molecule has 3 unspecified atom stereocenters. The Labute approximate surface area is 109 Å². The Bertz CT molecular complexity index is 566. The van der Waals surface area contributed by atoms with Crippen LogP contribution in [0.25, 0.3) is 0 Å². The fourth-order valence-corrected chi connectivity index (χ4v) is 3.00. The SMILES string of the molecule is CC1CCC(n2c(=O)[nH]c(Cl)c(F)c2=O)C(C)C1. The van der Waals surface area contributed by atoms with E-state index in [9.17, 15) is 14.0 Å². The molecule has 0 aliphatic heterocycles. The van der Waals surface area contributed by atoms with Gasteiger partial charge in [0.05, 0.1) is 0 Å². The third-order valence-corrected chi connectivity index (χ3v) is 4.01. The maximum Gasteiger partial charge on any atom is 0.329 e. The first kappa shape index (κ1) is 13.3. The smallest absolute Gasteiger partial charge is 0.295 e. The van der Waals surface area contributed by atoms with Gasteiger partial charge >= 0.3 is 5.69 Å². The van der Waals surface area contributed by atoms with Crippen molar-refractivity contribution in [3.8, 4) is 0 Å². The summed E-state index contributed by atoms with van der Waals surface area (Å²) in [6.07, 6.45) is 2.58. The standard InChI is InChI=1S/C12H16ClFN2O2/c1-6-3-4-8(7(2)5-6)16-11(17)9(14)10(13)15-12(16)18/h6-8H,3-5H2,1-2H3,(H,15,18). The minimum absolute atomic E-state index is 0.174. The lowest BCUT2D eigenvalue weighted by molar-refractivity contribution is 0.197. The number of halogens is 2. The van der Waals surface area contributed by atoms with Gasteiger partial charge in [-0.25, -0.2) is 4.79 Å². The third kappa shape index (κ3) is 2.23. The molecule has 0 amide bonds. The number of H-pyrrole nitrogens is 1. The zero-order valence-corrected chi connectivity index (χ0v) is 11.1. The normalized spacial score (nSPS) is 28.3. The molecule has 1 heterocycles. The summed E-state index contributed by atoms with van der Waals surface area (Å²) in [5.41, 5.74) is -1.55. The zero-order chi connectivity index (χ0) is 13.4. The lowest BCUT2D eigenvalue weighted by atomic mass is 9.80. The minimum Gasteiger partial charge on any atom is -0.295 e. The van der Waals surface area contributed by atoms with Crippen molar-refractivity contribution < 1.29 is 4.39 Å². The Hall–Kier alpha value is -1.10. The van der Waals surface area contributed by atoms with Gasteiger partial charge in [-0.1, -0.05) is 25.4 Å². The van der Waals surface area contributed by atoms with Crippen LogP contribution in [0, 0.1) is 17.7 Å². The molecule has 1 aliphatic rings. The summed E-state index contributed by atoms with van der Waals surface area (Å²) in [6, 6.07) is -0.246. The first-order chi connectivity index (χ1) is 8.41. The molecule has 1 aromatic heterocycles. The van der Waals surface area contributed by atoms with E-state index in [1.807, 2.05) is 6.92 Å². The Kier molecular flexibility index (Phi) is 3.61. The third-order valence-electron chi connectivity index (χ3n) is 3.75. The van der Waals surface area contributed by atoms with Gasteiger partial charge in [0.1, 0.15) is 0 Å². The fraction of sp³-hybridized carbons (Fsp3) is 0.667. The van der Waals surface area contributed by atoms with Crippen molar-refractivity contribution >= 4 is 11.6 Å². The molecule has 0 spiro atoms. The van der Waals surface area contributed by atoms with Gasteiger partial charge in [0.25, 0.3) is 5.56 Å². The van der Waals surface area contributed by atoms with Gasteiger partial charge in [0, 0.05) is 6.04 Å². The molecule has 1 N–H and O–H groups in total. The Morgan fingerprint density at radius 3 is 2.61 bits per heavy atom. The van der Waals surface area contributed by atoms with Crippen LogP contribution >= 0.6 is 11.6 Å². The molecule has 1 aliphatic carbocycles. The van der Waals surface area contributed by atoms with Crippen LogP contribution in [-0.4, -0.2) is 9.55 Å². The van der Waals surface area contributed by atoms with E-state index in [2.05, 4.69) is 11.9 Å². The van der Waals surface area contributed by atoms with Gasteiger partial charge in [-0.15, -0.1) is 0 Å². The van der Waals surface area contributed by atoms with Crippen LogP contribution in [-0.2, 0) is 0 Å². The molecule has 6 heteroatoms. The summed E-state index contributed by atoms with van der Waals surface area (Å²) in [5, 5.41) is -0.516. The summed E-state index contributed by atoms with van der Waals surface area (Å²) in [4.78, 5) is 25.8. The monoisotopic (exact) mass is 274 g/mol. The molecule has 1 fully saturated rings. The highest BCUT2D eigenvalue weighted by molar-refractivity contribution is 6.29. The van der Waals surface area contributed by atoms with Crippen LogP contribution in [0.2, 0.25) is 5.15 Å². The van der Waals surface area contributed by atoms with Crippen molar-refractivity contribution in [2.45, 2.75) is 39.2 Å². The number of hydrogen-bond acceptors (Lipinski definition) is 2. The minimum atomic E-state index is -1.08. The number of hydrogen-bond donors (Lipinski definition) is 1. The molecular weight excluding hydrogens is 259 g/mol. The number of rotatable bonds is 1. The van der Waals surface area contributed by atoms with E-state index in [1.165, 1.54) is 0 Å². The van der Waals surface area contributed by atoms with Gasteiger partial charge in [-0.2, -0.15) is 4.39 Å². The van der Waals surface area contributed by atoms with Crippen molar-refractivity contribution in [1.29, 1.82) is 0 Å². The zero-order valence-electron chi connectivity index (χ0n) is 10.4. The van der Waals surface area contributed by atoms with Crippen molar-refractivity contribution in [2.24, 2.45) is 11.8 Å². The molecule has 4 nitrogen and oxygen atoms in total. The van der Waals surface area contributed by atoms with Crippen LogP contribution in [0.3, 0.4) is 0 Å². The highest BCUT2D eigenvalue weighted by Crippen LogP contribution is 2.35. The van der Waals surface area contributed by atoms with E-state index in [1.54, 1.807) is 0 Å². The topological polar surface area (TPSA) is 54.9 Å². The molecule has 100 valence electrons. The van der Waals surface area contributed by atoms with Gasteiger partial charge in [0.15, 0.2) is 5.15 Å². The van der Waals surface area contributed by atoms with E-state index in [0.29, 0.717) is 12.3 Å². The largest absolute Gasteiger partial charge is 0.329 e. The van der Waals surface area contributed by atoms with E-state index >= 15 is 0 Å². The second-order valence-corrected chi connectivity index (χ2v) is 5.57. The number of nitrogens with zero attached hydrogens (tertiary/aromatic N) is 1. The highest BCUT2D eigenvalue weighted by atomic mass is 35.5. The Morgan fingerprint density at radius 2 is 2.00 bits per heavy atom. The van der Waals surface area contributed by atoms with Crippen LogP contribution in [0.4, 0.5) is 4.39 Å². The summed E-state index contributed by atoms with van der Waals surface area (Å²) in [5.74, 6) is -0.335. The summed E-state index contributed by atoms with van der Waals surface area (Å²) < 4.78 is 14.5. The molecule has 0 bridgehead atoms. The lowest BCUT2D eigenvalue weighted by Gasteiger charge is -2.33. The lowest BCUT2D eigenvalue weighted by Crippen LogP contribution is -2.43. The van der Waals surface area contributed by atoms with E-state index in [4.69, 9.17) is 11.6 Å². The van der Waals surface area contributed by atoms with Gasteiger partial charge in [-0.3, -0.25) is 14.3 Å². The highest BCUT2D eigenvalue weighted by Gasteiger charge is 2.29. The quantitative estimate of drug-likeness (QED) is 0.799. The van der Waals surface area contributed by atoms with E-state index in [-0.39, 0.29) is 12.0 Å². The molecule has 2 rings (SSSR count). The van der Waals surface area contributed by atoms with Gasteiger partial charge < -0.3 is 0 Å². The predicted molar refractivity (Wildman–Crippen MR) is 67.5 cm³/mol. The first-order valence-corrected chi connectivity index (χ1v) is 6.49. The molecule has 0 radical (unpaired) electrons. The van der Waals surface area contributed by atoms with Crippen molar-refractivity contribution in [2.75, 3.05) is 0 Å². The number of aromatic nitrogens is 2. The first-order valence-electron chi connectivity index (χ1n) is 6.11. The van der Waals surface area contributed by atoms with Crippen LogP contribution in [0.15, 0.2) is 9.59 Å². The van der Waals surface area contributed by atoms with Crippen molar-refractivity contribution in [3.63, 3.8) is 0 Å². The Balaban J connectivity index is 2.49. The second kappa shape index (κ2) is 4.88. The van der Waals surface area contributed by atoms with E-state index in [0.717, 1.165) is 17.4 Å². The molecular formula is C12H16ClFN2O2. The average Bonchev–Trinajstić information content (AvgIpc) is 2.29. The van der Waals surface area contributed by atoms with Gasteiger partial charge in [0.2, 0.25) is 5.82 Å². The average molecular weight is 275 g/mol. The molecule has 18 heavy (non-hydrogen) atoms. The fourth-order valence-electron chi connectivity index (χ4n) is 2.84. The molecule has 0 saturated heterocycles. The van der Waals surface area contributed by atoms with E-state index < -0.39 is 22.2 Å². The summed E-state index contributed by atoms with van der Waals surface area (Å²) >= 11 is 5.45. The van der Waals surface area contributed by atoms with Crippen LogP contribution in [0.5, 0.6) is 0 Å². The molecule has 0 aromatic carbocycles. The number of aromatic amines is 1. The second-order valence-electron chi connectivity index (χ2n) is 5.20. The van der Waals surface area contributed by atoms with Crippen molar-refractivity contribution in [3.05, 3.63) is 31.8 Å². The molecule has 1 saturated carbocycles. The number of nitrogens with one attached hydrogen (secondary N) is 1. The van der Waals surface area contributed by atoms with Crippen LogP contribution < -0.4 is 11.2 Å². The van der Waals surface area contributed by atoms with Crippen LogP contribution in [0.1, 0.15) is 39.2 Å². The molecule has 3 atom stereocenters. The molecule has 1 aromatic rings. The van der Waals surface area contributed by atoms with Gasteiger partial charge in [-0.05, 0) is 31.1 Å².